The molecule has 0 atom stereocenters. The van der Waals surface area contributed by atoms with Gasteiger partial charge in [-0.15, -0.1) is 24.8 Å². The molecular formula is C13H22Cl2N2O. The molecule has 1 aliphatic heterocycles. The zero-order valence-electron chi connectivity index (χ0n) is 10.6. The molecule has 1 aromatic rings. The standard InChI is InChI=1S/C13H20N2O.2ClH/c1-10-8-12(2-3-13(10)14)16-9-11-4-6-15-7-5-11;;/h2-3,8,11,15H,4-7,9,14H2,1H3;2*1H. The van der Waals surface area contributed by atoms with Crippen LogP contribution in [0.25, 0.3) is 0 Å². The normalized spacial score (nSPS) is 15.4. The second kappa shape index (κ2) is 8.46. The van der Waals surface area contributed by atoms with E-state index in [1.807, 2.05) is 25.1 Å². The lowest BCUT2D eigenvalue weighted by molar-refractivity contribution is 0.215. The molecule has 1 fully saturated rings. The summed E-state index contributed by atoms with van der Waals surface area (Å²) in [5.41, 5.74) is 7.68. The third kappa shape index (κ3) is 4.92. The zero-order chi connectivity index (χ0) is 11.4. The van der Waals surface area contributed by atoms with Crippen molar-refractivity contribution in [2.75, 3.05) is 25.4 Å². The maximum atomic E-state index is 5.80. The second-order valence-corrected chi connectivity index (χ2v) is 4.52. The van der Waals surface area contributed by atoms with Crippen molar-refractivity contribution >= 4 is 30.5 Å². The highest BCUT2D eigenvalue weighted by atomic mass is 35.5. The van der Waals surface area contributed by atoms with E-state index in [1.165, 1.54) is 12.8 Å². The average Bonchev–Trinajstić information content (AvgIpc) is 2.32. The number of hydrogen-bond donors (Lipinski definition) is 2. The predicted molar refractivity (Wildman–Crippen MR) is 81.2 cm³/mol. The molecule has 3 nitrogen and oxygen atoms in total. The van der Waals surface area contributed by atoms with Crippen molar-refractivity contribution in [1.82, 2.24) is 5.32 Å². The molecule has 0 aromatic heterocycles. The van der Waals surface area contributed by atoms with Crippen molar-refractivity contribution in [2.45, 2.75) is 19.8 Å². The summed E-state index contributed by atoms with van der Waals surface area (Å²) in [5.74, 6) is 1.63. The van der Waals surface area contributed by atoms with Gasteiger partial charge in [0.2, 0.25) is 0 Å². The molecule has 0 radical (unpaired) electrons. The highest BCUT2D eigenvalue weighted by Crippen LogP contribution is 2.20. The fourth-order valence-electron chi connectivity index (χ4n) is 2.00. The fraction of sp³-hybridized carbons (Fsp3) is 0.538. The smallest absolute Gasteiger partial charge is 0.119 e. The molecule has 18 heavy (non-hydrogen) atoms. The first-order chi connectivity index (χ1) is 7.75. The topological polar surface area (TPSA) is 47.3 Å². The van der Waals surface area contributed by atoms with Crippen molar-refractivity contribution in [3.05, 3.63) is 23.8 Å². The second-order valence-electron chi connectivity index (χ2n) is 4.52. The monoisotopic (exact) mass is 292 g/mol. The average molecular weight is 293 g/mol. The Labute approximate surface area is 121 Å². The summed E-state index contributed by atoms with van der Waals surface area (Å²) in [6, 6.07) is 5.87. The molecule has 0 spiro atoms. The quantitative estimate of drug-likeness (QED) is 0.842. The molecule has 0 unspecified atom stereocenters. The van der Waals surface area contributed by atoms with Crippen LogP contribution in [-0.4, -0.2) is 19.7 Å². The van der Waals surface area contributed by atoms with Crippen molar-refractivity contribution in [2.24, 2.45) is 5.92 Å². The van der Waals surface area contributed by atoms with Gasteiger partial charge in [0.05, 0.1) is 6.61 Å². The minimum atomic E-state index is 0. The number of benzene rings is 1. The minimum absolute atomic E-state index is 0. The molecule has 2 rings (SSSR count). The first-order valence-electron chi connectivity index (χ1n) is 5.95. The lowest BCUT2D eigenvalue weighted by Crippen LogP contribution is -2.30. The highest BCUT2D eigenvalue weighted by Gasteiger charge is 2.13. The molecule has 1 heterocycles. The maximum Gasteiger partial charge on any atom is 0.119 e. The number of aryl methyl sites for hydroxylation is 1. The molecule has 0 amide bonds. The molecule has 5 heteroatoms. The summed E-state index contributed by atoms with van der Waals surface area (Å²) in [4.78, 5) is 0. The van der Waals surface area contributed by atoms with Crippen LogP contribution in [0.1, 0.15) is 18.4 Å². The number of anilines is 1. The molecule has 1 aromatic carbocycles. The lowest BCUT2D eigenvalue weighted by atomic mass is 9.99. The third-order valence-electron chi connectivity index (χ3n) is 3.19. The molecule has 1 aliphatic rings. The van der Waals surface area contributed by atoms with E-state index in [4.69, 9.17) is 10.5 Å². The summed E-state index contributed by atoms with van der Waals surface area (Å²) >= 11 is 0. The van der Waals surface area contributed by atoms with Crippen molar-refractivity contribution in [3.8, 4) is 5.75 Å². The molecule has 0 aliphatic carbocycles. The Hall–Kier alpha value is -0.640. The van der Waals surface area contributed by atoms with E-state index < -0.39 is 0 Å². The largest absolute Gasteiger partial charge is 0.493 e. The summed E-state index contributed by atoms with van der Waals surface area (Å²) in [7, 11) is 0. The van der Waals surface area contributed by atoms with Gasteiger partial charge >= 0.3 is 0 Å². The predicted octanol–water partition coefficient (Wildman–Crippen LogP) is 2.80. The van der Waals surface area contributed by atoms with Crippen LogP contribution < -0.4 is 15.8 Å². The first kappa shape index (κ1) is 17.4. The van der Waals surface area contributed by atoms with Crippen LogP contribution in [0.4, 0.5) is 5.69 Å². The van der Waals surface area contributed by atoms with Crippen molar-refractivity contribution in [3.63, 3.8) is 0 Å². The van der Waals surface area contributed by atoms with Crippen LogP contribution in [0.15, 0.2) is 18.2 Å². The van der Waals surface area contributed by atoms with Crippen molar-refractivity contribution in [1.29, 1.82) is 0 Å². The van der Waals surface area contributed by atoms with Gasteiger partial charge in [0, 0.05) is 5.69 Å². The van der Waals surface area contributed by atoms with Gasteiger partial charge in [0.15, 0.2) is 0 Å². The van der Waals surface area contributed by atoms with E-state index in [0.717, 1.165) is 36.7 Å². The molecule has 3 N–H and O–H groups in total. The highest BCUT2D eigenvalue weighted by molar-refractivity contribution is 5.85. The summed E-state index contributed by atoms with van der Waals surface area (Å²) in [6.07, 6.45) is 2.43. The number of hydrogen-bond acceptors (Lipinski definition) is 3. The van der Waals surface area contributed by atoms with Crippen LogP contribution in [0.2, 0.25) is 0 Å². The van der Waals surface area contributed by atoms with Gasteiger partial charge in [-0.2, -0.15) is 0 Å². The van der Waals surface area contributed by atoms with E-state index >= 15 is 0 Å². The summed E-state index contributed by atoms with van der Waals surface area (Å²) in [5, 5.41) is 3.36. The third-order valence-corrected chi connectivity index (χ3v) is 3.19. The van der Waals surface area contributed by atoms with E-state index in [-0.39, 0.29) is 24.8 Å². The van der Waals surface area contributed by atoms with E-state index in [2.05, 4.69) is 5.32 Å². The molecule has 1 saturated heterocycles. The number of halogens is 2. The van der Waals surface area contributed by atoms with E-state index in [0.29, 0.717) is 5.92 Å². The van der Waals surface area contributed by atoms with Gasteiger partial charge in [0.25, 0.3) is 0 Å². The SMILES string of the molecule is Cc1cc(OCC2CCNCC2)ccc1N.Cl.Cl. The van der Waals surface area contributed by atoms with Crippen LogP contribution >= 0.6 is 24.8 Å². The summed E-state index contributed by atoms with van der Waals surface area (Å²) < 4.78 is 5.80. The van der Waals surface area contributed by atoms with Crippen LogP contribution in [0, 0.1) is 12.8 Å². The summed E-state index contributed by atoms with van der Waals surface area (Å²) in [6.45, 7) is 5.07. The number of rotatable bonds is 3. The first-order valence-corrected chi connectivity index (χ1v) is 5.95. The van der Waals surface area contributed by atoms with Crippen molar-refractivity contribution < 1.29 is 4.74 Å². The van der Waals surface area contributed by atoms with Gasteiger partial charge < -0.3 is 15.8 Å². The number of nitrogens with two attached hydrogens (primary N) is 1. The number of nitrogen functional groups attached to an aromatic ring is 1. The number of nitrogens with one attached hydrogen (secondary N) is 1. The van der Waals surface area contributed by atoms with Gasteiger partial charge in [-0.25, -0.2) is 0 Å². The minimum Gasteiger partial charge on any atom is -0.493 e. The Morgan fingerprint density at radius 1 is 1.28 bits per heavy atom. The van der Waals surface area contributed by atoms with Crippen LogP contribution in [0.3, 0.4) is 0 Å². The Bertz CT molecular complexity index is 355. The van der Waals surface area contributed by atoms with Crippen LogP contribution in [-0.2, 0) is 0 Å². The Kier molecular flexibility index (Phi) is 8.16. The lowest BCUT2D eigenvalue weighted by Gasteiger charge is -2.22. The number of piperidine rings is 1. The zero-order valence-corrected chi connectivity index (χ0v) is 12.3. The van der Waals surface area contributed by atoms with Gasteiger partial charge in [-0.05, 0) is 62.5 Å². The maximum absolute atomic E-state index is 5.80. The molecule has 104 valence electrons. The molecule has 0 bridgehead atoms. The van der Waals surface area contributed by atoms with E-state index in [1.54, 1.807) is 0 Å². The van der Waals surface area contributed by atoms with Gasteiger partial charge in [-0.3, -0.25) is 0 Å². The Balaban J connectivity index is 0.00000144. The Morgan fingerprint density at radius 3 is 2.56 bits per heavy atom. The van der Waals surface area contributed by atoms with Gasteiger partial charge in [0.1, 0.15) is 5.75 Å². The van der Waals surface area contributed by atoms with Gasteiger partial charge in [-0.1, -0.05) is 0 Å². The fourth-order valence-corrected chi connectivity index (χ4v) is 2.00. The van der Waals surface area contributed by atoms with Crippen LogP contribution in [0.5, 0.6) is 5.75 Å². The molecule has 0 saturated carbocycles. The molecular weight excluding hydrogens is 271 g/mol. The number of ether oxygens (including phenoxy) is 1. The Morgan fingerprint density at radius 2 is 1.94 bits per heavy atom. The van der Waals surface area contributed by atoms with E-state index in [9.17, 15) is 0 Å².